The molecule has 3 nitrogen and oxygen atoms in total. The van der Waals surface area contributed by atoms with Gasteiger partial charge in [-0.15, -0.1) is 0 Å². The van der Waals surface area contributed by atoms with Crippen LogP contribution in [-0.2, 0) is 4.79 Å². The van der Waals surface area contributed by atoms with Crippen molar-refractivity contribution in [1.29, 1.82) is 0 Å². The number of aliphatic carboxylic acids is 1. The predicted octanol–water partition coefficient (Wildman–Crippen LogP) is 3.64. The standard InChI is InChI=1S/C13H15BrO3/c1-8(2)17-13-9(3)6-11(14)7-10(13)4-5-12(15)16/h4-8H,1-3H3,(H,15,16)/b5-4+. The summed E-state index contributed by atoms with van der Waals surface area (Å²) in [6.07, 6.45) is 2.69. The molecule has 1 aromatic carbocycles. The lowest BCUT2D eigenvalue weighted by molar-refractivity contribution is -0.131. The van der Waals surface area contributed by atoms with Crippen LogP contribution in [0.2, 0.25) is 0 Å². The zero-order valence-electron chi connectivity index (χ0n) is 10.0. The average molecular weight is 299 g/mol. The van der Waals surface area contributed by atoms with Gasteiger partial charge < -0.3 is 9.84 Å². The van der Waals surface area contributed by atoms with E-state index in [0.29, 0.717) is 0 Å². The number of rotatable bonds is 4. The van der Waals surface area contributed by atoms with E-state index in [0.717, 1.165) is 27.4 Å². The zero-order chi connectivity index (χ0) is 13.0. The molecule has 0 aliphatic rings. The van der Waals surface area contributed by atoms with Crippen molar-refractivity contribution < 1.29 is 14.6 Å². The summed E-state index contributed by atoms with van der Waals surface area (Å²) in [7, 11) is 0. The highest BCUT2D eigenvalue weighted by Crippen LogP contribution is 2.29. The third-order valence-electron chi connectivity index (χ3n) is 2.03. The molecule has 0 aliphatic carbocycles. The molecule has 0 unspecified atom stereocenters. The molecule has 0 saturated carbocycles. The van der Waals surface area contributed by atoms with Gasteiger partial charge in [-0.2, -0.15) is 0 Å². The minimum absolute atomic E-state index is 0.0480. The van der Waals surface area contributed by atoms with E-state index in [1.54, 1.807) is 0 Å². The summed E-state index contributed by atoms with van der Waals surface area (Å²) in [6.45, 7) is 5.80. The maximum Gasteiger partial charge on any atom is 0.328 e. The molecule has 1 rings (SSSR count). The second-order valence-electron chi connectivity index (χ2n) is 3.98. The Bertz CT molecular complexity index is 450. The number of hydrogen-bond acceptors (Lipinski definition) is 2. The molecule has 0 fully saturated rings. The Morgan fingerprint density at radius 1 is 1.47 bits per heavy atom. The van der Waals surface area contributed by atoms with Crippen molar-refractivity contribution in [2.24, 2.45) is 0 Å². The van der Waals surface area contributed by atoms with Crippen molar-refractivity contribution >= 4 is 28.0 Å². The largest absolute Gasteiger partial charge is 0.490 e. The first-order valence-corrected chi connectivity index (χ1v) is 6.07. The lowest BCUT2D eigenvalue weighted by Crippen LogP contribution is -2.08. The summed E-state index contributed by atoms with van der Waals surface area (Å²) in [6, 6.07) is 3.78. The van der Waals surface area contributed by atoms with Gasteiger partial charge in [-0.1, -0.05) is 15.9 Å². The SMILES string of the molecule is Cc1cc(Br)cc(/C=C/C(=O)O)c1OC(C)C. The van der Waals surface area contributed by atoms with E-state index in [9.17, 15) is 4.79 Å². The smallest absolute Gasteiger partial charge is 0.328 e. The molecular weight excluding hydrogens is 284 g/mol. The molecule has 0 spiro atoms. The zero-order valence-corrected chi connectivity index (χ0v) is 11.6. The Balaban J connectivity index is 3.20. The maximum absolute atomic E-state index is 10.5. The second kappa shape index (κ2) is 5.87. The number of carboxylic acid groups (broad SMARTS) is 1. The van der Waals surface area contributed by atoms with E-state index >= 15 is 0 Å². The molecule has 17 heavy (non-hydrogen) atoms. The molecule has 1 N–H and O–H groups in total. The highest BCUT2D eigenvalue weighted by molar-refractivity contribution is 9.10. The first-order chi connectivity index (χ1) is 7.90. The van der Waals surface area contributed by atoms with Crippen molar-refractivity contribution in [2.45, 2.75) is 26.9 Å². The maximum atomic E-state index is 10.5. The van der Waals surface area contributed by atoms with Gasteiger partial charge in [-0.05, 0) is 44.5 Å². The molecule has 0 saturated heterocycles. The Hall–Kier alpha value is -1.29. The highest BCUT2D eigenvalue weighted by Gasteiger charge is 2.09. The number of benzene rings is 1. The van der Waals surface area contributed by atoms with Gasteiger partial charge in [0.15, 0.2) is 0 Å². The molecule has 0 bridgehead atoms. The minimum atomic E-state index is -0.974. The average Bonchev–Trinajstić information content (AvgIpc) is 2.18. The summed E-state index contributed by atoms with van der Waals surface area (Å²) in [4.78, 5) is 10.5. The van der Waals surface area contributed by atoms with Crippen LogP contribution in [0.3, 0.4) is 0 Å². The normalized spacial score (nSPS) is 11.1. The lowest BCUT2D eigenvalue weighted by Gasteiger charge is -2.15. The fraction of sp³-hybridized carbons (Fsp3) is 0.308. The fourth-order valence-corrected chi connectivity index (χ4v) is 2.03. The number of hydrogen-bond donors (Lipinski definition) is 1. The second-order valence-corrected chi connectivity index (χ2v) is 4.89. The number of halogens is 1. The van der Waals surface area contributed by atoms with Crippen LogP contribution in [0.25, 0.3) is 6.08 Å². The Labute approximate surface area is 109 Å². The monoisotopic (exact) mass is 298 g/mol. The van der Waals surface area contributed by atoms with Crippen molar-refractivity contribution in [3.8, 4) is 5.75 Å². The van der Waals surface area contributed by atoms with Crippen LogP contribution >= 0.6 is 15.9 Å². The molecule has 4 heteroatoms. The Morgan fingerprint density at radius 3 is 2.65 bits per heavy atom. The molecule has 92 valence electrons. The van der Waals surface area contributed by atoms with Crippen molar-refractivity contribution in [3.05, 3.63) is 33.8 Å². The number of carbonyl (C=O) groups is 1. The van der Waals surface area contributed by atoms with E-state index < -0.39 is 5.97 Å². The van der Waals surface area contributed by atoms with Gasteiger partial charge in [0.1, 0.15) is 5.75 Å². The van der Waals surface area contributed by atoms with Crippen LogP contribution < -0.4 is 4.74 Å². The van der Waals surface area contributed by atoms with Crippen LogP contribution in [0, 0.1) is 6.92 Å². The number of ether oxygens (including phenoxy) is 1. The van der Waals surface area contributed by atoms with Crippen LogP contribution in [0.4, 0.5) is 0 Å². The van der Waals surface area contributed by atoms with Gasteiger partial charge in [-0.3, -0.25) is 0 Å². The molecular formula is C13H15BrO3. The molecule has 0 heterocycles. The molecule has 0 amide bonds. The topological polar surface area (TPSA) is 46.5 Å². The number of aryl methyl sites for hydroxylation is 1. The van der Waals surface area contributed by atoms with Crippen LogP contribution in [-0.4, -0.2) is 17.2 Å². The minimum Gasteiger partial charge on any atom is -0.490 e. The van der Waals surface area contributed by atoms with Crippen molar-refractivity contribution in [3.63, 3.8) is 0 Å². The van der Waals surface area contributed by atoms with Gasteiger partial charge in [0, 0.05) is 16.1 Å². The Kier molecular flexibility index (Phi) is 4.75. The summed E-state index contributed by atoms with van der Waals surface area (Å²) in [5.74, 6) is -0.251. The molecule has 0 aliphatic heterocycles. The van der Waals surface area contributed by atoms with E-state index in [1.165, 1.54) is 6.08 Å². The van der Waals surface area contributed by atoms with E-state index in [-0.39, 0.29) is 6.10 Å². The van der Waals surface area contributed by atoms with Crippen LogP contribution in [0.5, 0.6) is 5.75 Å². The summed E-state index contributed by atoms with van der Waals surface area (Å²) < 4.78 is 6.60. The lowest BCUT2D eigenvalue weighted by atomic mass is 10.1. The van der Waals surface area contributed by atoms with Gasteiger partial charge in [0.05, 0.1) is 6.10 Å². The molecule has 0 atom stereocenters. The summed E-state index contributed by atoms with van der Waals surface area (Å²) in [5, 5.41) is 8.65. The third kappa shape index (κ3) is 4.23. The quantitative estimate of drug-likeness (QED) is 0.863. The van der Waals surface area contributed by atoms with Crippen LogP contribution in [0.1, 0.15) is 25.0 Å². The highest BCUT2D eigenvalue weighted by atomic mass is 79.9. The molecule has 1 aromatic rings. The van der Waals surface area contributed by atoms with Crippen molar-refractivity contribution in [2.75, 3.05) is 0 Å². The van der Waals surface area contributed by atoms with Gasteiger partial charge >= 0.3 is 5.97 Å². The summed E-state index contributed by atoms with van der Waals surface area (Å²) >= 11 is 3.38. The first-order valence-electron chi connectivity index (χ1n) is 5.28. The fourth-order valence-electron chi connectivity index (χ4n) is 1.44. The van der Waals surface area contributed by atoms with E-state index in [2.05, 4.69) is 15.9 Å². The summed E-state index contributed by atoms with van der Waals surface area (Å²) in [5.41, 5.74) is 1.73. The van der Waals surface area contributed by atoms with E-state index in [4.69, 9.17) is 9.84 Å². The van der Waals surface area contributed by atoms with Crippen LogP contribution in [0.15, 0.2) is 22.7 Å². The van der Waals surface area contributed by atoms with Crippen molar-refractivity contribution in [1.82, 2.24) is 0 Å². The molecule has 0 aromatic heterocycles. The van der Waals surface area contributed by atoms with Gasteiger partial charge in [0.2, 0.25) is 0 Å². The predicted molar refractivity (Wildman–Crippen MR) is 71.3 cm³/mol. The number of carboxylic acids is 1. The van der Waals surface area contributed by atoms with Gasteiger partial charge in [0.25, 0.3) is 0 Å². The Morgan fingerprint density at radius 2 is 2.12 bits per heavy atom. The molecule has 0 radical (unpaired) electrons. The third-order valence-corrected chi connectivity index (χ3v) is 2.48. The van der Waals surface area contributed by atoms with Gasteiger partial charge in [-0.25, -0.2) is 4.79 Å². The first kappa shape index (κ1) is 13.8. The van der Waals surface area contributed by atoms with E-state index in [1.807, 2.05) is 32.9 Å².